The van der Waals surface area contributed by atoms with Crippen molar-refractivity contribution < 1.29 is 0 Å². The molecule has 0 bridgehead atoms. The number of aromatic amines is 1. The maximum Gasteiger partial charge on any atom is 0.265 e. The van der Waals surface area contributed by atoms with Gasteiger partial charge in [0.2, 0.25) is 5.16 Å². The van der Waals surface area contributed by atoms with Crippen LogP contribution in [0.15, 0.2) is 21.3 Å². The Labute approximate surface area is 102 Å². The van der Waals surface area contributed by atoms with Gasteiger partial charge in [0, 0.05) is 7.05 Å². The topological polar surface area (TPSA) is 89.3 Å². The number of tetrazole rings is 1. The smallest absolute Gasteiger partial charge is 0.265 e. The van der Waals surface area contributed by atoms with Crippen LogP contribution < -0.4 is 5.56 Å². The second-order valence-electron chi connectivity index (χ2n) is 2.54. The highest BCUT2D eigenvalue weighted by Gasteiger charge is 2.11. The molecule has 0 radical (unpaired) electrons. The SMILES string of the molecule is Cn1nnnc1Sc1nc[nH]c(=O)c1I. The number of aryl methyl sites for hydroxylation is 1. The van der Waals surface area contributed by atoms with Crippen LogP contribution in [0, 0.1) is 3.57 Å². The number of H-pyrrole nitrogens is 1. The van der Waals surface area contributed by atoms with Crippen LogP contribution in [-0.4, -0.2) is 30.2 Å². The molecule has 0 aliphatic carbocycles. The largest absolute Gasteiger partial charge is 0.312 e. The van der Waals surface area contributed by atoms with Gasteiger partial charge in [-0.3, -0.25) is 4.79 Å². The molecule has 15 heavy (non-hydrogen) atoms. The van der Waals surface area contributed by atoms with E-state index < -0.39 is 0 Å². The summed E-state index contributed by atoms with van der Waals surface area (Å²) in [5.41, 5.74) is -0.164. The van der Waals surface area contributed by atoms with Crippen molar-refractivity contribution in [1.29, 1.82) is 0 Å². The lowest BCUT2D eigenvalue weighted by Gasteiger charge is -1.99. The summed E-state index contributed by atoms with van der Waals surface area (Å²) < 4.78 is 2.05. The lowest BCUT2D eigenvalue weighted by molar-refractivity contribution is 0.664. The zero-order valence-electron chi connectivity index (χ0n) is 7.51. The number of halogens is 1. The second kappa shape index (κ2) is 4.26. The Balaban J connectivity index is 2.37. The Bertz CT molecular complexity index is 536. The molecule has 0 saturated heterocycles. The second-order valence-corrected chi connectivity index (χ2v) is 4.57. The van der Waals surface area contributed by atoms with Crippen molar-refractivity contribution in [2.75, 3.05) is 0 Å². The summed E-state index contributed by atoms with van der Waals surface area (Å²) in [6.07, 6.45) is 1.36. The van der Waals surface area contributed by atoms with Gasteiger partial charge in [-0.15, -0.1) is 5.10 Å². The molecule has 0 atom stereocenters. The van der Waals surface area contributed by atoms with Crippen molar-refractivity contribution in [2.24, 2.45) is 7.05 Å². The van der Waals surface area contributed by atoms with E-state index in [1.54, 1.807) is 7.05 Å². The maximum absolute atomic E-state index is 11.3. The number of aromatic nitrogens is 6. The zero-order chi connectivity index (χ0) is 10.8. The number of nitrogens with zero attached hydrogens (tertiary/aromatic N) is 5. The Morgan fingerprint density at radius 1 is 1.60 bits per heavy atom. The summed E-state index contributed by atoms with van der Waals surface area (Å²) in [7, 11) is 1.72. The third-order valence-electron chi connectivity index (χ3n) is 1.53. The molecule has 0 aliphatic heterocycles. The van der Waals surface area contributed by atoms with E-state index in [2.05, 4.69) is 25.5 Å². The first-order valence-corrected chi connectivity index (χ1v) is 5.71. The molecule has 0 spiro atoms. The van der Waals surface area contributed by atoms with Crippen LogP contribution >= 0.6 is 34.4 Å². The van der Waals surface area contributed by atoms with E-state index in [-0.39, 0.29) is 5.56 Å². The van der Waals surface area contributed by atoms with Crippen LogP contribution in [0.1, 0.15) is 0 Å². The Kier molecular flexibility index (Phi) is 3.00. The van der Waals surface area contributed by atoms with Gasteiger partial charge < -0.3 is 4.98 Å². The molecule has 0 aromatic carbocycles. The van der Waals surface area contributed by atoms with Gasteiger partial charge >= 0.3 is 0 Å². The molecule has 1 N–H and O–H groups in total. The zero-order valence-corrected chi connectivity index (χ0v) is 10.5. The van der Waals surface area contributed by atoms with E-state index in [9.17, 15) is 4.79 Å². The fourth-order valence-corrected chi connectivity index (χ4v) is 2.16. The highest BCUT2D eigenvalue weighted by molar-refractivity contribution is 14.1. The highest BCUT2D eigenvalue weighted by Crippen LogP contribution is 2.24. The molecular weight excluding hydrogens is 331 g/mol. The molecule has 0 amide bonds. The Morgan fingerprint density at radius 3 is 3.07 bits per heavy atom. The minimum absolute atomic E-state index is 0.164. The van der Waals surface area contributed by atoms with Crippen molar-refractivity contribution in [3.8, 4) is 0 Å². The van der Waals surface area contributed by atoms with E-state index in [4.69, 9.17) is 0 Å². The van der Waals surface area contributed by atoms with Crippen LogP contribution in [0.2, 0.25) is 0 Å². The van der Waals surface area contributed by atoms with Crippen molar-refractivity contribution in [2.45, 2.75) is 10.2 Å². The van der Waals surface area contributed by atoms with Crippen LogP contribution in [0.5, 0.6) is 0 Å². The van der Waals surface area contributed by atoms with Gasteiger partial charge in [0.25, 0.3) is 5.56 Å². The quantitative estimate of drug-likeness (QED) is 0.616. The number of nitrogens with one attached hydrogen (secondary N) is 1. The molecule has 0 saturated carbocycles. The third kappa shape index (κ3) is 2.17. The molecule has 2 aromatic rings. The lowest BCUT2D eigenvalue weighted by Crippen LogP contribution is -2.11. The maximum atomic E-state index is 11.3. The normalized spacial score (nSPS) is 10.5. The van der Waals surface area contributed by atoms with E-state index in [1.165, 1.54) is 22.8 Å². The van der Waals surface area contributed by atoms with E-state index in [1.807, 2.05) is 22.6 Å². The number of hydrogen-bond acceptors (Lipinski definition) is 6. The average Bonchev–Trinajstić information content (AvgIpc) is 2.60. The number of hydrogen-bond donors (Lipinski definition) is 1. The summed E-state index contributed by atoms with van der Waals surface area (Å²) >= 11 is 3.19. The van der Waals surface area contributed by atoms with Crippen molar-refractivity contribution >= 4 is 34.4 Å². The lowest BCUT2D eigenvalue weighted by atomic mass is 10.7. The molecule has 78 valence electrons. The summed E-state index contributed by atoms with van der Waals surface area (Å²) in [6, 6.07) is 0. The molecule has 0 unspecified atom stereocenters. The number of rotatable bonds is 2. The summed E-state index contributed by atoms with van der Waals surface area (Å²) in [5, 5.41) is 12.2. The van der Waals surface area contributed by atoms with Crippen LogP contribution in [0.3, 0.4) is 0 Å². The van der Waals surface area contributed by atoms with Crippen LogP contribution in [0.25, 0.3) is 0 Å². The van der Waals surface area contributed by atoms with Gasteiger partial charge in [-0.25, -0.2) is 9.67 Å². The molecule has 7 nitrogen and oxygen atoms in total. The summed E-state index contributed by atoms with van der Waals surface area (Å²) in [6.45, 7) is 0. The monoisotopic (exact) mass is 336 g/mol. The van der Waals surface area contributed by atoms with E-state index in [0.29, 0.717) is 13.8 Å². The van der Waals surface area contributed by atoms with Gasteiger partial charge in [0.1, 0.15) is 8.60 Å². The molecule has 0 aliphatic rings. The van der Waals surface area contributed by atoms with Gasteiger partial charge in [-0.2, -0.15) is 0 Å². The predicted octanol–water partition coefficient (Wildman–Crippen LogP) is 0.0492. The van der Waals surface area contributed by atoms with Gasteiger partial charge in [0.15, 0.2) is 0 Å². The Morgan fingerprint density at radius 2 is 2.40 bits per heavy atom. The predicted molar refractivity (Wildman–Crippen MR) is 60.5 cm³/mol. The Hall–Kier alpha value is -0.970. The fourth-order valence-electron chi connectivity index (χ4n) is 0.832. The van der Waals surface area contributed by atoms with Crippen molar-refractivity contribution in [3.63, 3.8) is 0 Å². The minimum atomic E-state index is -0.164. The molecule has 2 aromatic heterocycles. The van der Waals surface area contributed by atoms with Crippen LogP contribution in [0.4, 0.5) is 0 Å². The first-order valence-electron chi connectivity index (χ1n) is 3.82. The van der Waals surface area contributed by atoms with Gasteiger partial charge in [-0.1, -0.05) is 0 Å². The summed E-state index contributed by atoms with van der Waals surface area (Å²) in [5.74, 6) is 0. The molecule has 0 fully saturated rings. The van der Waals surface area contributed by atoms with Crippen LogP contribution in [-0.2, 0) is 7.05 Å². The minimum Gasteiger partial charge on any atom is -0.312 e. The molecule has 9 heteroatoms. The van der Waals surface area contributed by atoms with E-state index >= 15 is 0 Å². The summed E-state index contributed by atoms with van der Waals surface area (Å²) in [4.78, 5) is 17.8. The fraction of sp³-hybridized carbons (Fsp3) is 0.167. The van der Waals surface area contributed by atoms with Crippen molar-refractivity contribution in [1.82, 2.24) is 30.2 Å². The van der Waals surface area contributed by atoms with E-state index in [0.717, 1.165) is 0 Å². The molecule has 2 rings (SSSR count). The average molecular weight is 336 g/mol. The van der Waals surface area contributed by atoms with Gasteiger partial charge in [0.05, 0.1) is 6.33 Å². The third-order valence-corrected chi connectivity index (χ3v) is 3.93. The first-order chi connectivity index (χ1) is 7.18. The first kappa shape index (κ1) is 10.5. The molecular formula is C6H5IN6OS. The highest BCUT2D eigenvalue weighted by atomic mass is 127. The van der Waals surface area contributed by atoms with Crippen molar-refractivity contribution in [3.05, 3.63) is 20.3 Å². The standard InChI is InChI=1S/C6H5IN6OS/c1-13-6(10-11-12-13)15-5-3(7)4(14)8-2-9-5/h2H,1H3,(H,8,9,14). The van der Waals surface area contributed by atoms with Gasteiger partial charge in [-0.05, 0) is 44.8 Å². The molecule has 2 heterocycles.